The zero-order valence-electron chi connectivity index (χ0n) is 9.61. The first-order chi connectivity index (χ1) is 7.86. The standard InChI is InChI=1S/C13H17N3/c1-16-12(10-4-7-14-8-5-10)9-11-3-2-6-15-13(11)16/h2-3,6,9-10,14H,4-5,7-8H2,1H3. The van der Waals surface area contributed by atoms with Crippen molar-refractivity contribution >= 4 is 11.0 Å². The number of aromatic nitrogens is 2. The Morgan fingerprint density at radius 3 is 2.94 bits per heavy atom. The summed E-state index contributed by atoms with van der Waals surface area (Å²) in [6.45, 7) is 2.28. The molecule has 3 nitrogen and oxygen atoms in total. The van der Waals surface area contributed by atoms with E-state index in [0.29, 0.717) is 5.92 Å². The zero-order valence-corrected chi connectivity index (χ0v) is 9.61. The molecule has 0 radical (unpaired) electrons. The van der Waals surface area contributed by atoms with Crippen LogP contribution in [0.25, 0.3) is 11.0 Å². The molecule has 0 atom stereocenters. The molecule has 0 unspecified atom stereocenters. The molecule has 3 rings (SSSR count). The van der Waals surface area contributed by atoms with Gasteiger partial charge in [-0.2, -0.15) is 0 Å². The van der Waals surface area contributed by atoms with E-state index >= 15 is 0 Å². The van der Waals surface area contributed by atoms with E-state index in [1.165, 1.54) is 23.9 Å². The zero-order chi connectivity index (χ0) is 11.0. The number of hydrogen-bond acceptors (Lipinski definition) is 2. The fourth-order valence-electron chi connectivity index (χ4n) is 2.69. The second-order valence-electron chi connectivity index (χ2n) is 4.57. The highest BCUT2D eigenvalue weighted by Gasteiger charge is 2.19. The molecular formula is C13H17N3. The van der Waals surface area contributed by atoms with E-state index in [-0.39, 0.29) is 0 Å². The Balaban J connectivity index is 2.05. The number of nitrogens with zero attached hydrogens (tertiary/aromatic N) is 2. The molecule has 1 saturated heterocycles. The number of pyridine rings is 1. The lowest BCUT2D eigenvalue weighted by molar-refractivity contribution is 0.446. The van der Waals surface area contributed by atoms with Gasteiger partial charge in [0.1, 0.15) is 5.65 Å². The van der Waals surface area contributed by atoms with Crippen molar-refractivity contribution in [3.05, 3.63) is 30.1 Å². The largest absolute Gasteiger partial charge is 0.332 e. The first kappa shape index (κ1) is 9.85. The first-order valence-corrected chi connectivity index (χ1v) is 5.97. The van der Waals surface area contributed by atoms with Crippen molar-refractivity contribution in [1.29, 1.82) is 0 Å². The van der Waals surface area contributed by atoms with Gasteiger partial charge in [-0.05, 0) is 44.1 Å². The van der Waals surface area contributed by atoms with E-state index in [0.717, 1.165) is 18.7 Å². The van der Waals surface area contributed by atoms with Crippen LogP contribution in [-0.4, -0.2) is 22.6 Å². The van der Waals surface area contributed by atoms with Crippen LogP contribution in [0.5, 0.6) is 0 Å². The molecule has 0 amide bonds. The van der Waals surface area contributed by atoms with Gasteiger partial charge in [-0.25, -0.2) is 4.98 Å². The van der Waals surface area contributed by atoms with E-state index in [1.54, 1.807) is 0 Å². The van der Waals surface area contributed by atoms with Crippen molar-refractivity contribution in [1.82, 2.24) is 14.9 Å². The maximum atomic E-state index is 4.44. The molecule has 0 bridgehead atoms. The smallest absolute Gasteiger partial charge is 0.139 e. The fourth-order valence-corrected chi connectivity index (χ4v) is 2.69. The molecule has 84 valence electrons. The van der Waals surface area contributed by atoms with Crippen molar-refractivity contribution in [2.75, 3.05) is 13.1 Å². The highest BCUT2D eigenvalue weighted by Crippen LogP contribution is 2.28. The third-order valence-electron chi connectivity index (χ3n) is 3.58. The summed E-state index contributed by atoms with van der Waals surface area (Å²) in [6.07, 6.45) is 4.35. The van der Waals surface area contributed by atoms with Crippen molar-refractivity contribution in [3.8, 4) is 0 Å². The minimum atomic E-state index is 0.695. The van der Waals surface area contributed by atoms with Crippen molar-refractivity contribution in [3.63, 3.8) is 0 Å². The summed E-state index contributed by atoms with van der Waals surface area (Å²) in [6, 6.07) is 6.46. The van der Waals surface area contributed by atoms with Crippen LogP contribution >= 0.6 is 0 Å². The topological polar surface area (TPSA) is 29.9 Å². The van der Waals surface area contributed by atoms with Crippen LogP contribution in [0.4, 0.5) is 0 Å². The predicted octanol–water partition coefficient (Wildman–Crippen LogP) is 2.04. The molecule has 3 heterocycles. The highest BCUT2D eigenvalue weighted by atomic mass is 15.0. The molecule has 2 aromatic rings. The molecule has 1 fully saturated rings. The maximum absolute atomic E-state index is 4.44. The molecular weight excluding hydrogens is 198 g/mol. The second-order valence-corrected chi connectivity index (χ2v) is 4.57. The van der Waals surface area contributed by atoms with Crippen LogP contribution in [0.3, 0.4) is 0 Å². The molecule has 0 aliphatic carbocycles. The lowest BCUT2D eigenvalue weighted by Crippen LogP contribution is -2.27. The SMILES string of the molecule is Cn1c(C2CCNCC2)cc2cccnc21. The van der Waals surface area contributed by atoms with Crippen LogP contribution in [0, 0.1) is 0 Å². The van der Waals surface area contributed by atoms with Crippen molar-refractivity contribution in [2.24, 2.45) is 7.05 Å². The molecule has 0 saturated carbocycles. The molecule has 1 aliphatic heterocycles. The third kappa shape index (κ3) is 1.52. The average Bonchev–Trinajstić information content (AvgIpc) is 2.69. The summed E-state index contributed by atoms with van der Waals surface area (Å²) in [5.41, 5.74) is 2.55. The summed E-state index contributed by atoms with van der Waals surface area (Å²) in [7, 11) is 2.13. The Morgan fingerprint density at radius 2 is 2.19 bits per heavy atom. The summed E-state index contributed by atoms with van der Waals surface area (Å²) in [5.74, 6) is 0.695. The van der Waals surface area contributed by atoms with Gasteiger partial charge in [0.05, 0.1) is 0 Å². The van der Waals surface area contributed by atoms with E-state index in [9.17, 15) is 0 Å². The normalized spacial score (nSPS) is 18.1. The second kappa shape index (κ2) is 3.91. The molecule has 16 heavy (non-hydrogen) atoms. The monoisotopic (exact) mass is 215 g/mol. The van der Waals surface area contributed by atoms with Gasteiger partial charge < -0.3 is 9.88 Å². The van der Waals surface area contributed by atoms with Gasteiger partial charge in [-0.3, -0.25) is 0 Å². The van der Waals surface area contributed by atoms with Gasteiger partial charge in [0.25, 0.3) is 0 Å². The number of rotatable bonds is 1. The van der Waals surface area contributed by atoms with Crippen LogP contribution in [0.1, 0.15) is 24.5 Å². The number of piperidine rings is 1. The molecule has 1 aliphatic rings. The van der Waals surface area contributed by atoms with Gasteiger partial charge >= 0.3 is 0 Å². The molecule has 0 aromatic carbocycles. The predicted molar refractivity (Wildman–Crippen MR) is 65.6 cm³/mol. The summed E-state index contributed by atoms with van der Waals surface area (Å²) < 4.78 is 2.26. The van der Waals surface area contributed by atoms with Crippen LogP contribution in [0.2, 0.25) is 0 Å². The summed E-state index contributed by atoms with van der Waals surface area (Å²) >= 11 is 0. The number of hydrogen-bond donors (Lipinski definition) is 1. The van der Waals surface area contributed by atoms with E-state index < -0.39 is 0 Å². The lowest BCUT2D eigenvalue weighted by Gasteiger charge is -2.23. The van der Waals surface area contributed by atoms with Crippen LogP contribution < -0.4 is 5.32 Å². The van der Waals surface area contributed by atoms with E-state index in [2.05, 4.69) is 34.0 Å². The van der Waals surface area contributed by atoms with Gasteiger partial charge in [-0.15, -0.1) is 0 Å². The van der Waals surface area contributed by atoms with E-state index in [4.69, 9.17) is 0 Å². The fraction of sp³-hybridized carbons (Fsp3) is 0.462. The van der Waals surface area contributed by atoms with Crippen molar-refractivity contribution in [2.45, 2.75) is 18.8 Å². The lowest BCUT2D eigenvalue weighted by atomic mass is 9.94. The number of nitrogens with one attached hydrogen (secondary N) is 1. The van der Waals surface area contributed by atoms with Gasteiger partial charge in [-0.1, -0.05) is 0 Å². The minimum Gasteiger partial charge on any atom is -0.332 e. The Hall–Kier alpha value is -1.35. The minimum absolute atomic E-state index is 0.695. The molecule has 1 N–H and O–H groups in total. The molecule has 3 heteroatoms. The Morgan fingerprint density at radius 1 is 1.38 bits per heavy atom. The third-order valence-corrected chi connectivity index (χ3v) is 3.58. The number of aryl methyl sites for hydroxylation is 1. The first-order valence-electron chi connectivity index (χ1n) is 5.97. The average molecular weight is 215 g/mol. The van der Waals surface area contributed by atoms with E-state index in [1.807, 2.05) is 12.3 Å². The highest BCUT2D eigenvalue weighted by molar-refractivity contribution is 5.77. The van der Waals surface area contributed by atoms with Gasteiger partial charge in [0, 0.05) is 30.2 Å². The van der Waals surface area contributed by atoms with Crippen molar-refractivity contribution < 1.29 is 0 Å². The van der Waals surface area contributed by atoms with Crippen LogP contribution in [0.15, 0.2) is 24.4 Å². The maximum Gasteiger partial charge on any atom is 0.139 e. The van der Waals surface area contributed by atoms with Gasteiger partial charge in [0.2, 0.25) is 0 Å². The quantitative estimate of drug-likeness (QED) is 0.789. The summed E-state index contributed by atoms with van der Waals surface area (Å²) in [4.78, 5) is 4.44. The Labute approximate surface area is 95.5 Å². The number of fused-ring (bicyclic) bond motifs is 1. The van der Waals surface area contributed by atoms with Crippen LogP contribution in [-0.2, 0) is 7.05 Å². The molecule has 0 spiro atoms. The molecule has 2 aromatic heterocycles. The summed E-state index contributed by atoms with van der Waals surface area (Å²) in [5, 5.41) is 4.68. The van der Waals surface area contributed by atoms with Gasteiger partial charge in [0.15, 0.2) is 0 Å². The Kier molecular flexibility index (Phi) is 2.40. The Bertz CT molecular complexity index is 495.